The van der Waals surface area contributed by atoms with Gasteiger partial charge in [0.25, 0.3) is 5.69 Å². The van der Waals surface area contributed by atoms with Crippen LogP contribution in [0.25, 0.3) is 0 Å². The van der Waals surface area contributed by atoms with Crippen LogP contribution in [0.3, 0.4) is 0 Å². The van der Waals surface area contributed by atoms with E-state index in [9.17, 15) is 10.1 Å². The van der Waals surface area contributed by atoms with Crippen LogP contribution in [0, 0.1) is 17.0 Å². The van der Waals surface area contributed by atoms with Crippen LogP contribution in [0.15, 0.2) is 12.3 Å². The lowest BCUT2D eigenvalue weighted by Gasteiger charge is -2.38. The van der Waals surface area contributed by atoms with Crippen LogP contribution in [-0.2, 0) is 0 Å². The quantitative estimate of drug-likeness (QED) is 0.626. The van der Waals surface area contributed by atoms with Crippen molar-refractivity contribution < 1.29 is 4.92 Å². The summed E-state index contributed by atoms with van der Waals surface area (Å²) in [5.74, 6) is 0.821. The molecule has 0 atom stereocenters. The fraction of sp³-hybridized carbons (Fsp3) is 0.545. The molecule has 0 unspecified atom stereocenters. The van der Waals surface area contributed by atoms with Gasteiger partial charge in [-0.2, -0.15) is 0 Å². The van der Waals surface area contributed by atoms with E-state index in [4.69, 9.17) is 0 Å². The smallest absolute Gasteiger partial charge is 0.290 e. The molecule has 92 valence electrons. The molecule has 1 aromatic heterocycles. The average molecular weight is 236 g/mol. The van der Waals surface area contributed by atoms with Crippen LogP contribution in [0.4, 0.5) is 11.5 Å². The van der Waals surface area contributed by atoms with Crippen LogP contribution in [0.5, 0.6) is 0 Å². The number of rotatable bonds is 4. The van der Waals surface area contributed by atoms with E-state index in [2.05, 4.69) is 22.1 Å². The van der Waals surface area contributed by atoms with Crippen LogP contribution < -0.4 is 10.2 Å². The largest absolute Gasteiger partial charge is 0.351 e. The number of hydrogen-bond donors (Lipinski definition) is 1. The van der Waals surface area contributed by atoms with Crippen molar-refractivity contribution in [2.45, 2.75) is 19.9 Å². The van der Waals surface area contributed by atoms with Gasteiger partial charge in [0.05, 0.1) is 11.0 Å². The van der Waals surface area contributed by atoms with Crippen LogP contribution >= 0.6 is 0 Å². The van der Waals surface area contributed by atoms with Crippen molar-refractivity contribution in [2.24, 2.45) is 0 Å². The van der Waals surface area contributed by atoms with Crippen molar-refractivity contribution in [2.75, 3.05) is 24.5 Å². The SMILES string of the molecule is CCN(c1cc(C)c([N+](=O)[O-])cn1)C1CNC1. The summed E-state index contributed by atoms with van der Waals surface area (Å²) < 4.78 is 0. The lowest BCUT2D eigenvalue weighted by Crippen LogP contribution is -2.57. The fourth-order valence-electron chi connectivity index (χ4n) is 1.98. The van der Waals surface area contributed by atoms with Gasteiger partial charge in [0, 0.05) is 25.2 Å². The summed E-state index contributed by atoms with van der Waals surface area (Å²) in [7, 11) is 0. The Morgan fingerprint density at radius 3 is 2.76 bits per heavy atom. The monoisotopic (exact) mass is 236 g/mol. The number of aromatic nitrogens is 1. The van der Waals surface area contributed by atoms with Crippen LogP contribution in [0.1, 0.15) is 12.5 Å². The number of nitrogens with one attached hydrogen (secondary N) is 1. The predicted octanol–water partition coefficient (Wildman–Crippen LogP) is 1.10. The molecule has 0 amide bonds. The molecule has 1 aromatic rings. The molecule has 1 N–H and O–H groups in total. The normalized spacial score (nSPS) is 15.4. The lowest BCUT2D eigenvalue weighted by atomic mass is 10.1. The average Bonchev–Trinajstić information content (AvgIpc) is 2.22. The standard InChI is InChI=1S/C11H16N4O2/c1-3-14(9-5-12-6-9)11-4-8(2)10(7-13-11)15(16)17/h4,7,9,12H,3,5-6H2,1-2H3. The Hall–Kier alpha value is -1.69. The maximum Gasteiger partial charge on any atom is 0.290 e. The Morgan fingerprint density at radius 2 is 2.35 bits per heavy atom. The van der Waals surface area contributed by atoms with Crippen molar-refractivity contribution in [3.63, 3.8) is 0 Å². The molecule has 1 aliphatic heterocycles. The summed E-state index contributed by atoms with van der Waals surface area (Å²) in [5, 5.41) is 13.9. The number of pyridine rings is 1. The molecule has 1 aliphatic rings. The topological polar surface area (TPSA) is 71.3 Å². The molecule has 0 spiro atoms. The first kappa shape index (κ1) is 11.8. The van der Waals surface area contributed by atoms with E-state index in [1.54, 1.807) is 13.0 Å². The van der Waals surface area contributed by atoms with Gasteiger partial charge < -0.3 is 10.2 Å². The van der Waals surface area contributed by atoms with E-state index in [-0.39, 0.29) is 5.69 Å². The highest BCUT2D eigenvalue weighted by Crippen LogP contribution is 2.23. The third-order valence-electron chi connectivity index (χ3n) is 3.10. The van der Waals surface area contributed by atoms with Crippen molar-refractivity contribution in [3.8, 4) is 0 Å². The molecule has 0 aliphatic carbocycles. The first-order valence-corrected chi connectivity index (χ1v) is 5.72. The third-order valence-corrected chi connectivity index (χ3v) is 3.10. The molecule has 2 heterocycles. The number of likely N-dealkylation sites (N-methyl/N-ethyl adjacent to an activating group) is 1. The fourth-order valence-corrected chi connectivity index (χ4v) is 1.98. The predicted molar refractivity (Wildman–Crippen MR) is 65.3 cm³/mol. The zero-order valence-corrected chi connectivity index (χ0v) is 10.0. The van der Waals surface area contributed by atoms with E-state index in [1.807, 2.05) is 0 Å². The highest BCUT2D eigenvalue weighted by atomic mass is 16.6. The van der Waals surface area contributed by atoms with Crippen molar-refractivity contribution in [3.05, 3.63) is 27.9 Å². The third kappa shape index (κ3) is 2.21. The first-order valence-electron chi connectivity index (χ1n) is 5.72. The van der Waals surface area contributed by atoms with Gasteiger partial charge in [0.1, 0.15) is 12.0 Å². The zero-order chi connectivity index (χ0) is 12.4. The minimum atomic E-state index is -0.396. The minimum absolute atomic E-state index is 0.0801. The maximum absolute atomic E-state index is 10.7. The maximum atomic E-state index is 10.7. The van der Waals surface area contributed by atoms with Gasteiger partial charge in [-0.15, -0.1) is 0 Å². The zero-order valence-electron chi connectivity index (χ0n) is 10.0. The van der Waals surface area contributed by atoms with Crippen molar-refractivity contribution in [1.82, 2.24) is 10.3 Å². The summed E-state index contributed by atoms with van der Waals surface area (Å²) in [6, 6.07) is 2.24. The second-order valence-corrected chi connectivity index (χ2v) is 4.18. The summed E-state index contributed by atoms with van der Waals surface area (Å²) in [4.78, 5) is 16.7. The summed E-state index contributed by atoms with van der Waals surface area (Å²) in [6.45, 7) is 6.57. The molecule has 0 radical (unpaired) electrons. The van der Waals surface area contributed by atoms with Gasteiger partial charge in [0.15, 0.2) is 0 Å². The number of aryl methyl sites for hydroxylation is 1. The van der Waals surface area contributed by atoms with Gasteiger partial charge in [-0.05, 0) is 19.9 Å². The summed E-state index contributed by atoms with van der Waals surface area (Å²) in [6.07, 6.45) is 1.35. The minimum Gasteiger partial charge on any atom is -0.351 e. The molecule has 1 fully saturated rings. The van der Waals surface area contributed by atoms with E-state index in [1.165, 1.54) is 6.20 Å². The molecule has 17 heavy (non-hydrogen) atoms. The van der Waals surface area contributed by atoms with Gasteiger partial charge in [-0.1, -0.05) is 0 Å². The molecule has 0 aromatic carbocycles. The Labute approximate surface area is 99.8 Å². The summed E-state index contributed by atoms with van der Waals surface area (Å²) in [5.41, 5.74) is 0.738. The van der Waals surface area contributed by atoms with Crippen LogP contribution in [0.2, 0.25) is 0 Å². The van der Waals surface area contributed by atoms with E-state index in [0.29, 0.717) is 11.6 Å². The van der Waals surface area contributed by atoms with E-state index < -0.39 is 4.92 Å². The number of nitro groups is 1. The molecule has 2 rings (SSSR count). The molecule has 6 nitrogen and oxygen atoms in total. The second-order valence-electron chi connectivity index (χ2n) is 4.18. The van der Waals surface area contributed by atoms with Crippen molar-refractivity contribution >= 4 is 11.5 Å². The second kappa shape index (κ2) is 4.67. The first-order chi connectivity index (χ1) is 8.13. The van der Waals surface area contributed by atoms with E-state index in [0.717, 1.165) is 25.5 Å². The highest BCUT2D eigenvalue weighted by molar-refractivity contribution is 5.49. The van der Waals surface area contributed by atoms with Gasteiger partial charge >= 0.3 is 0 Å². The number of nitrogens with zero attached hydrogens (tertiary/aromatic N) is 3. The van der Waals surface area contributed by atoms with Gasteiger partial charge in [-0.25, -0.2) is 4.98 Å². The van der Waals surface area contributed by atoms with Crippen LogP contribution in [-0.4, -0.2) is 35.6 Å². The lowest BCUT2D eigenvalue weighted by molar-refractivity contribution is -0.385. The molecular formula is C11H16N4O2. The molecule has 0 saturated carbocycles. The summed E-state index contributed by atoms with van der Waals surface area (Å²) >= 11 is 0. The molecule has 1 saturated heterocycles. The molecule has 6 heteroatoms. The van der Waals surface area contributed by atoms with Crippen molar-refractivity contribution in [1.29, 1.82) is 0 Å². The Balaban J connectivity index is 2.26. The molecular weight excluding hydrogens is 220 g/mol. The highest BCUT2D eigenvalue weighted by Gasteiger charge is 2.25. The molecule has 0 bridgehead atoms. The number of anilines is 1. The Kier molecular flexibility index (Phi) is 3.23. The van der Waals surface area contributed by atoms with Gasteiger partial charge in [-0.3, -0.25) is 10.1 Å². The van der Waals surface area contributed by atoms with E-state index >= 15 is 0 Å². The number of hydrogen-bond acceptors (Lipinski definition) is 5. The van der Waals surface area contributed by atoms with Gasteiger partial charge in [0.2, 0.25) is 0 Å². The Morgan fingerprint density at radius 1 is 1.65 bits per heavy atom. The Bertz CT molecular complexity index is 431.